The van der Waals surface area contributed by atoms with Crippen LogP contribution in [-0.4, -0.2) is 62.7 Å². The van der Waals surface area contributed by atoms with Crippen molar-refractivity contribution in [1.29, 1.82) is 0 Å². The van der Waals surface area contributed by atoms with Crippen molar-refractivity contribution in [2.75, 3.05) is 0 Å². The first kappa shape index (κ1) is 36.0. The quantitative estimate of drug-likeness (QED) is 0.122. The number of carbonyl (C=O) groups is 4. The Labute approximate surface area is 264 Å². The molecule has 0 aromatic rings. The Hall–Kier alpha value is -2.46. The largest absolute Gasteiger partial charge is 0.462 e. The first-order chi connectivity index (χ1) is 20.4. The summed E-state index contributed by atoms with van der Waals surface area (Å²) in [6, 6.07) is 2.84. The Morgan fingerprint density at radius 2 is 1.30 bits per heavy atom. The van der Waals surface area contributed by atoms with Gasteiger partial charge in [-0.1, -0.05) is 48.1 Å². The smallest absolute Gasteiger partial charge is 0.303 e. The number of fused-ring (bicyclic) bond motifs is 3. The lowest BCUT2D eigenvalue weighted by molar-refractivity contribution is -0.210. The predicted octanol–water partition coefficient (Wildman–Crippen LogP) is 6.45. The van der Waals surface area contributed by atoms with Gasteiger partial charge in [0.15, 0.2) is 20.5 Å². The van der Waals surface area contributed by atoms with E-state index in [4.69, 9.17) is 23.4 Å². The number of carbonyl (C=O) groups excluding carboxylic acids is 4. The Kier molecular flexibility index (Phi) is 11.0. The summed E-state index contributed by atoms with van der Waals surface area (Å²) < 4.78 is 31.4. The lowest BCUT2D eigenvalue weighted by atomic mass is 9.49. The number of ether oxygens (including phenoxy) is 4. The van der Waals surface area contributed by atoms with Crippen molar-refractivity contribution in [3.05, 3.63) is 23.3 Å². The molecule has 9 nitrogen and oxygen atoms in total. The molecular formula is C34H54O9Si. The zero-order valence-corrected chi connectivity index (χ0v) is 29.7. The maximum Gasteiger partial charge on any atom is 0.303 e. The van der Waals surface area contributed by atoms with Crippen molar-refractivity contribution >= 4 is 32.2 Å². The maximum atomic E-state index is 12.9. The van der Waals surface area contributed by atoms with Crippen LogP contribution in [0.5, 0.6) is 0 Å². The second kappa shape index (κ2) is 13.5. The van der Waals surface area contributed by atoms with Crippen molar-refractivity contribution in [2.45, 2.75) is 144 Å². The lowest BCUT2D eigenvalue weighted by Gasteiger charge is -2.60. The van der Waals surface area contributed by atoms with Gasteiger partial charge in [0.25, 0.3) is 0 Å². The summed E-state index contributed by atoms with van der Waals surface area (Å²) in [6.45, 7) is 24.6. The van der Waals surface area contributed by atoms with Crippen molar-refractivity contribution < 1.29 is 42.6 Å². The molecule has 0 N–H and O–H groups in total. The Morgan fingerprint density at radius 3 is 1.77 bits per heavy atom. The van der Waals surface area contributed by atoms with Gasteiger partial charge in [-0.2, -0.15) is 0 Å². The Morgan fingerprint density at radius 1 is 0.773 bits per heavy atom. The van der Waals surface area contributed by atoms with E-state index in [0.717, 1.165) is 34.9 Å². The molecule has 3 aliphatic carbocycles. The monoisotopic (exact) mass is 634 g/mol. The van der Waals surface area contributed by atoms with Gasteiger partial charge in [0, 0.05) is 34.1 Å². The third-order valence-corrected chi connectivity index (χ3v) is 15.7. The van der Waals surface area contributed by atoms with Crippen LogP contribution >= 0.6 is 0 Å². The molecule has 0 aromatic heterocycles. The highest BCUT2D eigenvalue weighted by atomic mass is 28.4. The molecule has 2 saturated carbocycles. The van der Waals surface area contributed by atoms with Gasteiger partial charge >= 0.3 is 23.9 Å². The minimum absolute atomic E-state index is 0.0368. The van der Waals surface area contributed by atoms with E-state index >= 15 is 0 Å². The highest BCUT2D eigenvalue weighted by molar-refractivity contribution is 6.73. The first-order valence-electron chi connectivity index (χ1n) is 16.1. The molecule has 0 aliphatic heterocycles. The van der Waals surface area contributed by atoms with Gasteiger partial charge in [-0.25, -0.2) is 0 Å². The second-order valence-corrected chi connectivity index (χ2v) is 18.5. The average Bonchev–Trinajstić information content (AvgIpc) is 2.91. The second-order valence-electron chi connectivity index (χ2n) is 13.8. The van der Waals surface area contributed by atoms with Crippen molar-refractivity contribution in [3.8, 4) is 0 Å². The van der Waals surface area contributed by atoms with Gasteiger partial charge in [0.05, 0.1) is 11.5 Å². The minimum Gasteiger partial charge on any atom is -0.462 e. The molecule has 3 aliphatic rings. The molecule has 0 amide bonds. The number of hydrogen-bond donors (Lipinski definition) is 0. The topological polar surface area (TPSA) is 114 Å². The molecule has 0 aromatic carbocycles. The molecule has 2 fully saturated rings. The molecular weight excluding hydrogens is 580 g/mol. The zero-order chi connectivity index (χ0) is 33.4. The molecule has 0 spiro atoms. The standard InChI is InChI=1S/C34H54O9Si/c1-13-44(14-2,15-3)43-28-18-29(40-22(7)36)34(12)26(19(28)4)16-25-17-27(39-21(6)35)20(5)30(33(25,10)11)31(41-23(8)37)32(34)42-24(9)38/h25-29,31-32H,4,13-18H2,1-3,5-12H3/t25-,26-,27?,28+,29+,31-,32+,34+/m1/s1. The summed E-state index contributed by atoms with van der Waals surface area (Å²) >= 11 is 0. The van der Waals surface area contributed by atoms with E-state index in [1.165, 1.54) is 27.7 Å². The van der Waals surface area contributed by atoms with E-state index in [1.807, 2.05) is 13.8 Å². The van der Waals surface area contributed by atoms with Crippen molar-refractivity contribution in [1.82, 2.24) is 0 Å². The minimum atomic E-state index is -2.11. The predicted molar refractivity (Wildman–Crippen MR) is 169 cm³/mol. The summed E-state index contributed by atoms with van der Waals surface area (Å²) in [5.41, 5.74) is 0.868. The first-order valence-corrected chi connectivity index (χ1v) is 18.7. The summed E-state index contributed by atoms with van der Waals surface area (Å²) in [4.78, 5) is 50.6. The van der Waals surface area contributed by atoms with E-state index in [9.17, 15) is 19.2 Å². The Bertz CT molecular complexity index is 1180. The molecule has 44 heavy (non-hydrogen) atoms. The van der Waals surface area contributed by atoms with Crippen LogP contribution in [0.15, 0.2) is 23.3 Å². The Balaban J connectivity index is 2.37. The van der Waals surface area contributed by atoms with E-state index in [2.05, 4.69) is 41.2 Å². The molecule has 10 heteroatoms. The zero-order valence-electron chi connectivity index (χ0n) is 28.7. The number of hydrogen-bond acceptors (Lipinski definition) is 9. The fourth-order valence-corrected chi connectivity index (χ4v) is 11.3. The van der Waals surface area contributed by atoms with Crippen LogP contribution in [-0.2, 0) is 42.6 Å². The van der Waals surface area contributed by atoms with Crippen molar-refractivity contribution in [2.24, 2.45) is 22.7 Å². The van der Waals surface area contributed by atoms with Gasteiger partial charge in [-0.05, 0) is 71.9 Å². The summed E-state index contributed by atoms with van der Waals surface area (Å²) in [5, 5.41) is 0. The fourth-order valence-electron chi connectivity index (χ4n) is 8.42. The highest BCUT2D eigenvalue weighted by Crippen LogP contribution is 2.61. The summed E-state index contributed by atoms with van der Waals surface area (Å²) in [6.07, 6.45) is -2.14. The summed E-state index contributed by atoms with van der Waals surface area (Å²) in [7, 11) is -2.11. The fraction of sp³-hybridized carbons (Fsp3) is 0.765. The van der Waals surface area contributed by atoms with Crippen LogP contribution in [0.1, 0.15) is 95.4 Å². The van der Waals surface area contributed by atoms with Crippen LogP contribution in [0.3, 0.4) is 0 Å². The molecule has 0 saturated heterocycles. The van der Waals surface area contributed by atoms with Crippen LogP contribution in [0, 0.1) is 22.7 Å². The van der Waals surface area contributed by atoms with E-state index in [0.29, 0.717) is 19.3 Å². The van der Waals surface area contributed by atoms with E-state index < -0.39 is 67.4 Å². The third kappa shape index (κ3) is 6.71. The van der Waals surface area contributed by atoms with Gasteiger partial charge in [0.2, 0.25) is 0 Å². The number of esters is 4. The summed E-state index contributed by atoms with van der Waals surface area (Å²) in [5.74, 6) is -2.32. The molecule has 248 valence electrons. The van der Waals surface area contributed by atoms with Gasteiger partial charge in [0.1, 0.15) is 12.2 Å². The molecule has 3 rings (SSSR count). The SMILES string of the molecule is C=C1[C@@H](O[Si](CC)(CC)CC)C[C@H](OC(C)=O)[C@]2(C)[C@@H]1C[C@@H]1CC(OC(C)=O)C(C)=C([C@@H](OC(C)=O)[C@@H]2OC(C)=O)C1(C)C. The van der Waals surface area contributed by atoms with Gasteiger partial charge in [-0.15, -0.1) is 0 Å². The molecule has 2 bridgehead atoms. The van der Waals surface area contributed by atoms with Crippen molar-refractivity contribution in [3.63, 3.8) is 0 Å². The molecule has 8 atom stereocenters. The van der Waals surface area contributed by atoms with Crippen LogP contribution in [0.4, 0.5) is 0 Å². The van der Waals surface area contributed by atoms with E-state index in [1.54, 1.807) is 0 Å². The van der Waals surface area contributed by atoms with Crippen LogP contribution in [0.2, 0.25) is 18.1 Å². The normalized spacial score (nSPS) is 33.3. The highest BCUT2D eigenvalue weighted by Gasteiger charge is 2.64. The lowest BCUT2D eigenvalue weighted by Crippen LogP contribution is -2.65. The average molecular weight is 635 g/mol. The molecule has 0 radical (unpaired) electrons. The third-order valence-electron chi connectivity index (χ3n) is 11.1. The van der Waals surface area contributed by atoms with Crippen LogP contribution in [0.25, 0.3) is 0 Å². The van der Waals surface area contributed by atoms with Crippen LogP contribution < -0.4 is 0 Å². The van der Waals surface area contributed by atoms with Gasteiger partial charge < -0.3 is 23.4 Å². The number of rotatable bonds is 9. The molecule has 0 heterocycles. The maximum absolute atomic E-state index is 12.9. The van der Waals surface area contributed by atoms with E-state index in [-0.39, 0.29) is 17.9 Å². The van der Waals surface area contributed by atoms with Gasteiger partial charge in [-0.3, -0.25) is 19.2 Å². The molecule has 1 unspecified atom stereocenters.